The van der Waals surface area contributed by atoms with Gasteiger partial charge in [0.05, 0.1) is 11.6 Å². The minimum absolute atomic E-state index is 0.0655. The lowest BCUT2D eigenvalue weighted by molar-refractivity contribution is -0.0672. The Bertz CT molecular complexity index is 369. The van der Waals surface area contributed by atoms with Gasteiger partial charge in [-0.05, 0) is 38.4 Å². The first-order valence-corrected chi connectivity index (χ1v) is 6.87. The van der Waals surface area contributed by atoms with E-state index in [4.69, 9.17) is 4.74 Å². The summed E-state index contributed by atoms with van der Waals surface area (Å²) in [7, 11) is 3.86. The summed E-state index contributed by atoms with van der Waals surface area (Å²) < 4.78 is 5.93. The van der Waals surface area contributed by atoms with E-state index in [9.17, 15) is 0 Å². The normalized spacial score (nSPS) is 20.6. The second-order valence-electron chi connectivity index (χ2n) is 5.28. The van der Waals surface area contributed by atoms with Crippen molar-refractivity contribution in [1.82, 2.24) is 10.3 Å². The van der Waals surface area contributed by atoms with Gasteiger partial charge in [-0.3, -0.25) is 4.98 Å². The maximum atomic E-state index is 5.93. The highest BCUT2D eigenvalue weighted by molar-refractivity contribution is 5.21. The molecule has 1 saturated carbocycles. The molecule has 0 radical (unpaired) electrons. The third-order valence-electron chi connectivity index (χ3n) is 4.19. The van der Waals surface area contributed by atoms with Gasteiger partial charge in [0, 0.05) is 19.0 Å². The molecule has 0 bridgehead atoms. The molecular formula is C15H24N2O. The first-order valence-electron chi connectivity index (χ1n) is 6.87. The van der Waals surface area contributed by atoms with Crippen LogP contribution in [0.4, 0.5) is 0 Å². The molecule has 0 amide bonds. The summed E-state index contributed by atoms with van der Waals surface area (Å²) in [4.78, 5) is 4.41. The molecule has 0 aliphatic heterocycles. The Hall–Kier alpha value is -0.930. The standard InChI is InChI=1S/C15H24N2O/c1-12-7-8-13(11-17-12)14(16-2)15(18-3)9-5-4-6-10-15/h7-8,11,14,16H,4-6,9-10H2,1-3H3. The molecule has 1 fully saturated rings. The van der Waals surface area contributed by atoms with E-state index in [2.05, 4.69) is 22.4 Å². The molecule has 1 aliphatic carbocycles. The summed E-state index contributed by atoms with van der Waals surface area (Å²) in [5.74, 6) is 0. The number of nitrogens with one attached hydrogen (secondary N) is 1. The summed E-state index contributed by atoms with van der Waals surface area (Å²) in [6.07, 6.45) is 8.07. The summed E-state index contributed by atoms with van der Waals surface area (Å²) in [6, 6.07) is 4.47. The van der Waals surface area contributed by atoms with Crippen LogP contribution < -0.4 is 5.32 Å². The Morgan fingerprint density at radius 3 is 2.50 bits per heavy atom. The van der Waals surface area contributed by atoms with Gasteiger partial charge >= 0.3 is 0 Å². The van der Waals surface area contributed by atoms with Crippen LogP contribution in [0, 0.1) is 6.92 Å². The topological polar surface area (TPSA) is 34.2 Å². The molecule has 1 aromatic heterocycles. The lowest BCUT2D eigenvalue weighted by Crippen LogP contribution is -2.46. The minimum Gasteiger partial charge on any atom is -0.376 e. The van der Waals surface area contributed by atoms with Gasteiger partial charge < -0.3 is 10.1 Å². The number of hydrogen-bond acceptors (Lipinski definition) is 3. The molecule has 1 heterocycles. The molecule has 1 unspecified atom stereocenters. The maximum absolute atomic E-state index is 5.93. The van der Waals surface area contributed by atoms with Gasteiger partial charge in [0.15, 0.2) is 0 Å². The second-order valence-corrected chi connectivity index (χ2v) is 5.28. The van der Waals surface area contributed by atoms with E-state index >= 15 is 0 Å². The summed E-state index contributed by atoms with van der Waals surface area (Å²) in [5, 5.41) is 3.43. The third-order valence-corrected chi connectivity index (χ3v) is 4.19. The van der Waals surface area contributed by atoms with E-state index in [-0.39, 0.29) is 11.6 Å². The zero-order valence-corrected chi connectivity index (χ0v) is 11.7. The largest absolute Gasteiger partial charge is 0.376 e. The van der Waals surface area contributed by atoms with Crippen molar-refractivity contribution in [2.45, 2.75) is 50.7 Å². The van der Waals surface area contributed by atoms with Crippen LogP contribution >= 0.6 is 0 Å². The van der Waals surface area contributed by atoms with E-state index in [1.165, 1.54) is 24.8 Å². The molecule has 3 heteroatoms. The highest BCUT2D eigenvalue weighted by atomic mass is 16.5. The van der Waals surface area contributed by atoms with Crippen molar-refractivity contribution < 1.29 is 4.74 Å². The van der Waals surface area contributed by atoms with Crippen LogP contribution in [0.5, 0.6) is 0 Å². The third kappa shape index (κ3) is 2.57. The van der Waals surface area contributed by atoms with Gasteiger partial charge in [-0.1, -0.05) is 25.3 Å². The van der Waals surface area contributed by atoms with Gasteiger partial charge in [-0.15, -0.1) is 0 Å². The van der Waals surface area contributed by atoms with Crippen LogP contribution in [0.1, 0.15) is 49.4 Å². The summed E-state index contributed by atoms with van der Waals surface area (Å²) in [5.41, 5.74) is 2.22. The number of methoxy groups -OCH3 is 1. The van der Waals surface area contributed by atoms with Crippen LogP contribution in [-0.2, 0) is 4.74 Å². The van der Waals surface area contributed by atoms with E-state index in [1.54, 1.807) is 0 Å². The maximum Gasteiger partial charge on any atom is 0.0873 e. The van der Waals surface area contributed by atoms with Crippen LogP contribution in [0.15, 0.2) is 18.3 Å². The summed E-state index contributed by atoms with van der Waals surface area (Å²) >= 11 is 0. The van der Waals surface area contributed by atoms with E-state index in [1.807, 2.05) is 27.3 Å². The fraction of sp³-hybridized carbons (Fsp3) is 0.667. The van der Waals surface area contributed by atoms with Crippen molar-refractivity contribution in [3.8, 4) is 0 Å². The Labute approximate surface area is 110 Å². The lowest BCUT2D eigenvalue weighted by atomic mass is 9.77. The monoisotopic (exact) mass is 248 g/mol. The van der Waals surface area contributed by atoms with Crippen molar-refractivity contribution in [2.24, 2.45) is 0 Å². The smallest absolute Gasteiger partial charge is 0.0873 e. The first kappa shape index (κ1) is 13.5. The zero-order chi connectivity index (χ0) is 13.0. The number of aryl methyl sites for hydroxylation is 1. The average Bonchev–Trinajstić information content (AvgIpc) is 2.43. The number of pyridine rings is 1. The number of nitrogens with zero attached hydrogens (tertiary/aromatic N) is 1. The van der Waals surface area contributed by atoms with Gasteiger partial charge in [-0.2, -0.15) is 0 Å². The van der Waals surface area contributed by atoms with Gasteiger partial charge in [-0.25, -0.2) is 0 Å². The quantitative estimate of drug-likeness (QED) is 0.889. The van der Waals surface area contributed by atoms with Crippen molar-refractivity contribution in [3.05, 3.63) is 29.6 Å². The van der Waals surface area contributed by atoms with Crippen LogP contribution in [0.2, 0.25) is 0 Å². The number of rotatable bonds is 4. The number of ether oxygens (including phenoxy) is 1. The first-order chi connectivity index (χ1) is 8.72. The van der Waals surface area contributed by atoms with Crippen molar-refractivity contribution >= 4 is 0 Å². The molecule has 0 aromatic carbocycles. The molecule has 1 N–H and O–H groups in total. The Morgan fingerprint density at radius 2 is 2.00 bits per heavy atom. The predicted octanol–water partition coefficient (Wildman–Crippen LogP) is 3.00. The molecule has 0 saturated heterocycles. The highest BCUT2D eigenvalue weighted by Crippen LogP contribution is 2.40. The molecule has 100 valence electrons. The van der Waals surface area contributed by atoms with E-state index in [0.29, 0.717) is 0 Å². The number of likely N-dealkylation sites (N-methyl/N-ethyl adjacent to an activating group) is 1. The van der Waals surface area contributed by atoms with Crippen molar-refractivity contribution in [2.75, 3.05) is 14.2 Å². The average molecular weight is 248 g/mol. The Kier molecular flexibility index (Phi) is 4.36. The van der Waals surface area contributed by atoms with Crippen molar-refractivity contribution in [1.29, 1.82) is 0 Å². The number of hydrogen-bond donors (Lipinski definition) is 1. The molecule has 18 heavy (non-hydrogen) atoms. The summed E-state index contributed by atoms with van der Waals surface area (Å²) in [6.45, 7) is 2.02. The molecule has 0 spiro atoms. The molecule has 2 rings (SSSR count). The molecule has 1 aliphatic rings. The van der Waals surface area contributed by atoms with Gasteiger partial charge in [0.1, 0.15) is 0 Å². The molecule has 3 nitrogen and oxygen atoms in total. The fourth-order valence-electron chi connectivity index (χ4n) is 3.14. The number of aromatic nitrogens is 1. The molecular weight excluding hydrogens is 224 g/mol. The van der Waals surface area contributed by atoms with Gasteiger partial charge in [0.2, 0.25) is 0 Å². The minimum atomic E-state index is -0.0655. The highest BCUT2D eigenvalue weighted by Gasteiger charge is 2.40. The lowest BCUT2D eigenvalue weighted by Gasteiger charge is -2.42. The zero-order valence-electron chi connectivity index (χ0n) is 11.7. The SMILES string of the molecule is CNC(c1ccc(C)nc1)C1(OC)CCCCC1. The fourth-order valence-corrected chi connectivity index (χ4v) is 3.14. The molecule has 1 aromatic rings. The van der Waals surface area contributed by atoms with E-state index in [0.717, 1.165) is 18.5 Å². The van der Waals surface area contributed by atoms with Crippen LogP contribution in [-0.4, -0.2) is 24.7 Å². The molecule has 1 atom stereocenters. The second kappa shape index (κ2) is 5.81. The van der Waals surface area contributed by atoms with Crippen LogP contribution in [0.25, 0.3) is 0 Å². The Morgan fingerprint density at radius 1 is 1.28 bits per heavy atom. The predicted molar refractivity (Wildman–Crippen MR) is 73.6 cm³/mol. The van der Waals surface area contributed by atoms with Crippen molar-refractivity contribution in [3.63, 3.8) is 0 Å². The van der Waals surface area contributed by atoms with E-state index < -0.39 is 0 Å². The van der Waals surface area contributed by atoms with Gasteiger partial charge in [0.25, 0.3) is 0 Å². The Balaban J connectivity index is 2.27. The van der Waals surface area contributed by atoms with Crippen LogP contribution in [0.3, 0.4) is 0 Å².